The van der Waals surface area contributed by atoms with Crippen LogP contribution in [0.2, 0.25) is 0 Å². The summed E-state index contributed by atoms with van der Waals surface area (Å²) in [5, 5.41) is 3.44. The summed E-state index contributed by atoms with van der Waals surface area (Å²) in [6.45, 7) is 6.52. The first-order chi connectivity index (χ1) is 7.28. The molecule has 84 valence electrons. The minimum absolute atomic E-state index is 0.591. The van der Waals surface area contributed by atoms with Gasteiger partial charge in [0.25, 0.3) is 0 Å². The normalized spacial score (nSPS) is 22.9. The summed E-state index contributed by atoms with van der Waals surface area (Å²) in [4.78, 5) is 3.73. The van der Waals surface area contributed by atoms with Crippen LogP contribution >= 0.6 is 11.5 Å². The van der Waals surface area contributed by atoms with E-state index in [1.54, 1.807) is 7.11 Å². The van der Waals surface area contributed by atoms with Crippen LogP contribution in [0.25, 0.3) is 0 Å². The Morgan fingerprint density at radius 3 is 3.27 bits per heavy atom. The van der Waals surface area contributed by atoms with Crippen molar-refractivity contribution in [2.75, 3.05) is 26.7 Å². The summed E-state index contributed by atoms with van der Waals surface area (Å²) < 4.78 is 9.27. The zero-order valence-corrected chi connectivity index (χ0v) is 10.0. The van der Waals surface area contributed by atoms with Crippen molar-refractivity contribution in [3.8, 4) is 5.88 Å². The van der Waals surface area contributed by atoms with Gasteiger partial charge in [-0.3, -0.25) is 4.90 Å². The van der Waals surface area contributed by atoms with Crippen LogP contribution in [0.3, 0.4) is 0 Å². The fraction of sp³-hybridized carbons (Fsp3) is 0.700. The third-order valence-corrected chi connectivity index (χ3v) is 3.33. The molecule has 1 aliphatic heterocycles. The lowest BCUT2D eigenvalue weighted by atomic mass is 10.2. The Morgan fingerprint density at radius 2 is 2.60 bits per heavy atom. The maximum Gasteiger partial charge on any atom is 0.225 e. The Hall–Kier alpha value is -0.650. The molecule has 0 aromatic carbocycles. The lowest BCUT2D eigenvalue weighted by Gasteiger charge is -2.31. The molecule has 0 aliphatic carbocycles. The van der Waals surface area contributed by atoms with E-state index in [0.29, 0.717) is 6.04 Å². The van der Waals surface area contributed by atoms with E-state index in [1.807, 2.05) is 6.07 Å². The molecule has 1 aliphatic rings. The Balaban J connectivity index is 1.90. The van der Waals surface area contributed by atoms with E-state index < -0.39 is 0 Å². The highest BCUT2D eigenvalue weighted by Gasteiger charge is 2.16. The topological polar surface area (TPSA) is 37.4 Å². The van der Waals surface area contributed by atoms with E-state index >= 15 is 0 Å². The van der Waals surface area contributed by atoms with E-state index in [2.05, 4.69) is 21.5 Å². The van der Waals surface area contributed by atoms with Crippen molar-refractivity contribution in [3.05, 3.63) is 10.9 Å². The second kappa shape index (κ2) is 4.92. The van der Waals surface area contributed by atoms with Crippen molar-refractivity contribution in [2.24, 2.45) is 0 Å². The number of aromatic nitrogens is 1. The summed E-state index contributed by atoms with van der Waals surface area (Å²) in [6.07, 6.45) is 0. The van der Waals surface area contributed by atoms with Gasteiger partial charge < -0.3 is 10.1 Å². The fourth-order valence-electron chi connectivity index (χ4n) is 1.84. The van der Waals surface area contributed by atoms with E-state index in [1.165, 1.54) is 16.4 Å². The van der Waals surface area contributed by atoms with Gasteiger partial charge in [0.1, 0.15) is 0 Å². The molecule has 2 heterocycles. The maximum atomic E-state index is 5.07. The average molecular weight is 227 g/mol. The van der Waals surface area contributed by atoms with Gasteiger partial charge in [0, 0.05) is 43.2 Å². The van der Waals surface area contributed by atoms with Crippen molar-refractivity contribution in [1.29, 1.82) is 0 Å². The Bertz CT molecular complexity index is 315. The van der Waals surface area contributed by atoms with Crippen LogP contribution in [-0.2, 0) is 6.54 Å². The molecule has 1 N–H and O–H groups in total. The highest BCUT2D eigenvalue weighted by Crippen LogP contribution is 2.18. The SMILES string of the molecule is COc1cc(CN2CCN[C@H](C)C2)sn1. The number of methoxy groups -OCH3 is 1. The smallest absolute Gasteiger partial charge is 0.225 e. The van der Waals surface area contributed by atoms with E-state index in [0.717, 1.165) is 32.1 Å². The number of nitrogens with one attached hydrogen (secondary N) is 1. The molecule has 1 fully saturated rings. The van der Waals surface area contributed by atoms with Crippen LogP contribution < -0.4 is 10.1 Å². The predicted molar refractivity (Wildman–Crippen MR) is 61.4 cm³/mol. The van der Waals surface area contributed by atoms with E-state index in [9.17, 15) is 0 Å². The summed E-state index contributed by atoms with van der Waals surface area (Å²) in [6, 6.07) is 2.62. The Morgan fingerprint density at radius 1 is 1.73 bits per heavy atom. The number of hydrogen-bond donors (Lipinski definition) is 1. The molecule has 0 saturated carbocycles. The quantitative estimate of drug-likeness (QED) is 0.834. The van der Waals surface area contributed by atoms with Crippen molar-refractivity contribution in [3.63, 3.8) is 0 Å². The molecular weight excluding hydrogens is 210 g/mol. The summed E-state index contributed by atoms with van der Waals surface area (Å²) in [7, 11) is 1.66. The number of rotatable bonds is 3. The molecule has 15 heavy (non-hydrogen) atoms. The van der Waals surface area contributed by atoms with Crippen molar-refractivity contribution in [1.82, 2.24) is 14.6 Å². The summed E-state index contributed by atoms with van der Waals surface area (Å²) >= 11 is 1.53. The Labute approximate surface area is 94.4 Å². The van der Waals surface area contributed by atoms with Crippen molar-refractivity contribution >= 4 is 11.5 Å². The number of ether oxygens (including phenoxy) is 1. The van der Waals surface area contributed by atoms with Gasteiger partial charge in [-0.2, -0.15) is 4.37 Å². The molecule has 4 nitrogen and oxygen atoms in total. The van der Waals surface area contributed by atoms with Crippen LogP contribution in [0, 0.1) is 0 Å². The standard InChI is InChI=1S/C10H17N3OS/c1-8-6-13(4-3-11-8)7-9-5-10(14-2)12-15-9/h5,8,11H,3-4,6-7H2,1-2H3/t8-/m1/s1. The molecule has 0 radical (unpaired) electrons. The lowest BCUT2D eigenvalue weighted by molar-refractivity contribution is 0.201. The first-order valence-electron chi connectivity index (χ1n) is 5.23. The molecule has 0 spiro atoms. The van der Waals surface area contributed by atoms with Gasteiger partial charge in [-0.05, 0) is 18.5 Å². The number of hydrogen-bond acceptors (Lipinski definition) is 5. The highest BCUT2D eigenvalue weighted by atomic mass is 32.1. The second-order valence-electron chi connectivity index (χ2n) is 3.93. The molecule has 1 saturated heterocycles. The van der Waals surface area contributed by atoms with Gasteiger partial charge in [0.2, 0.25) is 5.88 Å². The monoisotopic (exact) mass is 227 g/mol. The highest BCUT2D eigenvalue weighted by molar-refractivity contribution is 7.05. The summed E-state index contributed by atoms with van der Waals surface area (Å²) in [5.74, 6) is 0.734. The molecule has 0 bridgehead atoms. The van der Waals surface area contributed by atoms with Gasteiger partial charge in [0.15, 0.2) is 0 Å². The molecule has 0 amide bonds. The van der Waals surface area contributed by atoms with Crippen LogP contribution in [0.4, 0.5) is 0 Å². The zero-order valence-electron chi connectivity index (χ0n) is 9.19. The van der Waals surface area contributed by atoms with Crippen LogP contribution in [0.5, 0.6) is 5.88 Å². The molecule has 5 heteroatoms. The molecule has 1 aromatic heterocycles. The van der Waals surface area contributed by atoms with Gasteiger partial charge in [-0.1, -0.05) is 0 Å². The molecule has 1 atom stereocenters. The van der Waals surface area contributed by atoms with Gasteiger partial charge in [-0.25, -0.2) is 0 Å². The lowest BCUT2D eigenvalue weighted by Crippen LogP contribution is -2.48. The van der Waals surface area contributed by atoms with Crippen molar-refractivity contribution < 1.29 is 4.74 Å². The van der Waals surface area contributed by atoms with Gasteiger partial charge >= 0.3 is 0 Å². The van der Waals surface area contributed by atoms with E-state index in [-0.39, 0.29) is 0 Å². The molecule has 2 rings (SSSR count). The Kier molecular flexibility index (Phi) is 3.56. The van der Waals surface area contributed by atoms with Crippen LogP contribution in [-0.4, -0.2) is 42.1 Å². The number of nitrogens with zero attached hydrogens (tertiary/aromatic N) is 2. The van der Waals surface area contributed by atoms with Gasteiger partial charge in [0.05, 0.1) is 7.11 Å². The van der Waals surface area contributed by atoms with Gasteiger partial charge in [-0.15, -0.1) is 0 Å². The molecular formula is C10H17N3OS. The largest absolute Gasteiger partial charge is 0.480 e. The number of piperazine rings is 1. The average Bonchev–Trinajstić information content (AvgIpc) is 2.65. The fourth-order valence-corrected chi connectivity index (χ4v) is 2.57. The van der Waals surface area contributed by atoms with Crippen molar-refractivity contribution in [2.45, 2.75) is 19.5 Å². The second-order valence-corrected chi connectivity index (χ2v) is 4.82. The maximum absolute atomic E-state index is 5.07. The zero-order chi connectivity index (χ0) is 10.7. The first kappa shape index (κ1) is 10.9. The predicted octanol–water partition coefficient (Wildman–Crippen LogP) is 0.945. The van der Waals surface area contributed by atoms with Crippen LogP contribution in [0.15, 0.2) is 6.07 Å². The summed E-state index contributed by atoms with van der Waals surface area (Å²) in [5.41, 5.74) is 0. The van der Waals surface area contributed by atoms with Crippen LogP contribution in [0.1, 0.15) is 11.8 Å². The molecule has 1 aromatic rings. The minimum Gasteiger partial charge on any atom is -0.480 e. The first-order valence-corrected chi connectivity index (χ1v) is 6.00. The molecule has 0 unspecified atom stereocenters. The third kappa shape index (κ3) is 2.90. The van der Waals surface area contributed by atoms with E-state index in [4.69, 9.17) is 4.74 Å². The minimum atomic E-state index is 0.591. The third-order valence-electron chi connectivity index (χ3n) is 2.58.